The van der Waals surface area contributed by atoms with Crippen molar-refractivity contribution in [2.75, 3.05) is 42.6 Å². The molecule has 0 N–H and O–H groups in total. The van der Waals surface area contributed by atoms with Crippen molar-refractivity contribution in [3.05, 3.63) is 4.88 Å². The number of nitriles is 1. The van der Waals surface area contributed by atoms with Crippen LogP contribution in [-0.2, 0) is 9.53 Å². The van der Waals surface area contributed by atoms with Gasteiger partial charge in [-0.3, -0.25) is 9.69 Å². The number of rotatable bonds is 3. The fourth-order valence-electron chi connectivity index (χ4n) is 2.39. The molecule has 0 bridgehead atoms. The predicted octanol–water partition coefficient (Wildman–Crippen LogP) is 2.40. The van der Waals surface area contributed by atoms with Gasteiger partial charge in [0, 0.05) is 19.6 Å². The molecule has 0 radical (unpaired) electrons. The molecule has 1 fully saturated rings. The van der Waals surface area contributed by atoms with E-state index >= 15 is 0 Å². The van der Waals surface area contributed by atoms with Gasteiger partial charge in [-0.25, -0.2) is 4.98 Å². The highest BCUT2D eigenvalue weighted by molar-refractivity contribution is 7.16. The average Bonchev–Trinajstić information content (AvgIpc) is 2.82. The van der Waals surface area contributed by atoms with E-state index in [9.17, 15) is 23.2 Å². The van der Waals surface area contributed by atoms with Crippen LogP contribution in [0.15, 0.2) is 0 Å². The van der Waals surface area contributed by atoms with E-state index in [4.69, 9.17) is 4.74 Å². The van der Waals surface area contributed by atoms with Crippen LogP contribution in [0.2, 0.25) is 0 Å². The molecule has 10 heteroatoms. The minimum absolute atomic E-state index is 0.0118. The molecule has 1 amide bonds. The Morgan fingerprint density at radius 3 is 2.88 bits per heavy atom. The van der Waals surface area contributed by atoms with Crippen molar-refractivity contribution >= 4 is 28.2 Å². The first-order valence-corrected chi connectivity index (χ1v) is 8.21. The van der Waals surface area contributed by atoms with E-state index in [0.717, 1.165) is 11.3 Å². The molecule has 1 aromatic rings. The maximum absolute atomic E-state index is 12.7. The highest BCUT2D eigenvalue weighted by Gasteiger charge is 2.44. The van der Waals surface area contributed by atoms with Gasteiger partial charge in [0.1, 0.15) is 6.07 Å². The number of anilines is 2. The molecule has 6 nitrogen and oxygen atoms in total. The zero-order valence-electron chi connectivity index (χ0n) is 13.3. The molecular weight excluding hydrogens is 345 g/mol. The number of amides is 1. The van der Waals surface area contributed by atoms with Gasteiger partial charge in [0.25, 0.3) is 0 Å². The second-order valence-corrected chi connectivity index (χ2v) is 6.41. The number of carbonyl (C=O) groups is 1. The Labute approximate surface area is 141 Å². The third kappa shape index (κ3) is 3.96. The molecule has 0 spiro atoms. The summed E-state index contributed by atoms with van der Waals surface area (Å²) in [4.78, 5) is 18.1. The van der Waals surface area contributed by atoms with Crippen LogP contribution in [0.5, 0.6) is 0 Å². The van der Waals surface area contributed by atoms with Crippen molar-refractivity contribution in [3.8, 4) is 6.07 Å². The third-order valence-corrected chi connectivity index (χ3v) is 4.48. The van der Waals surface area contributed by atoms with Gasteiger partial charge in [0.15, 0.2) is 15.8 Å². The number of ether oxygens (including phenoxy) is 1. The van der Waals surface area contributed by atoms with Gasteiger partial charge in [-0.1, -0.05) is 18.3 Å². The van der Waals surface area contributed by atoms with Gasteiger partial charge in [-0.2, -0.15) is 18.4 Å². The standard InChI is InChI=1S/C14H17F3N4O2S/c1-3-21(12(22)14(15,16)17)11-10(6-18)24-13(19-11)20-4-5-23-8-9(2)7-20/h9H,3-5,7-8H2,1-2H3. The van der Waals surface area contributed by atoms with Crippen molar-refractivity contribution < 1.29 is 22.7 Å². The van der Waals surface area contributed by atoms with Crippen molar-refractivity contribution in [2.24, 2.45) is 5.92 Å². The van der Waals surface area contributed by atoms with E-state index < -0.39 is 12.1 Å². The highest BCUT2D eigenvalue weighted by Crippen LogP contribution is 2.34. The first-order valence-electron chi connectivity index (χ1n) is 7.40. The van der Waals surface area contributed by atoms with E-state index in [0.29, 0.717) is 36.3 Å². The smallest absolute Gasteiger partial charge is 0.379 e. The fourth-order valence-corrected chi connectivity index (χ4v) is 3.29. The van der Waals surface area contributed by atoms with Gasteiger partial charge in [-0.05, 0) is 12.8 Å². The minimum atomic E-state index is -5.02. The summed E-state index contributed by atoms with van der Waals surface area (Å²) in [5.41, 5.74) is 0. The van der Waals surface area contributed by atoms with Crippen molar-refractivity contribution in [1.82, 2.24) is 4.98 Å². The minimum Gasteiger partial charge on any atom is -0.379 e. The van der Waals surface area contributed by atoms with Crippen LogP contribution < -0.4 is 9.80 Å². The molecule has 1 aliphatic heterocycles. The van der Waals surface area contributed by atoms with Crippen molar-refractivity contribution in [2.45, 2.75) is 20.0 Å². The number of nitrogens with zero attached hydrogens (tertiary/aromatic N) is 4. The van der Waals surface area contributed by atoms with E-state index in [2.05, 4.69) is 4.98 Å². The number of aromatic nitrogens is 1. The van der Waals surface area contributed by atoms with Crippen LogP contribution in [0.3, 0.4) is 0 Å². The van der Waals surface area contributed by atoms with Crippen LogP contribution in [0.1, 0.15) is 18.7 Å². The molecular formula is C14H17F3N4O2S. The summed E-state index contributed by atoms with van der Waals surface area (Å²) in [7, 11) is 0. The van der Waals surface area contributed by atoms with E-state index in [1.54, 1.807) is 0 Å². The molecule has 24 heavy (non-hydrogen) atoms. The van der Waals surface area contributed by atoms with Crippen LogP contribution >= 0.6 is 11.3 Å². The maximum Gasteiger partial charge on any atom is 0.471 e. The second kappa shape index (κ2) is 7.36. The largest absolute Gasteiger partial charge is 0.471 e. The molecule has 132 valence electrons. The predicted molar refractivity (Wildman–Crippen MR) is 83.1 cm³/mol. The maximum atomic E-state index is 12.7. The van der Waals surface area contributed by atoms with E-state index in [-0.39, 0.29) is 23.2 Å². The highest BCUT2D eigenvalue weighted by atomic mass is 32.1. The molecule has 1 atom stereocenters. The monoisotopic (exact) mass is 362 g/mol. The number of halogens is 3. The molecule has 2 heterocycles. The number of carbonyl (C=O) groups excluding carboxylic acids is 1. The van der Waals surface area contributed by atoms with Crippen LogP contribution in [-0.4, -0.2) is 49.9 Å². The summed E-state index contributed by atoms with van der Waals surface area (Å²) in [5.74, 6) is -2.03. The number of hydrogen-bond acceptors (Lipinski definition) is 6. The third-order valence-electron chi connectivity index (χ3n) is 3.47. The summed E-state index contributed by atoms with van der Waals surface area (Å²) in [6, 6.07) is 1.84. The van der Waals surface area contributed by atoms with Crippen LogP contribution in [0.25, 0.3) is 0 Å². The summed E-state index contributed by atoms with van der Waals surface area (Å²) in [6.07, 6.45) is -5.02. The topological polar surface area (TPSA) is 69.5 Å². The summed E-state index contributed by atoms with van der Waals surface area (Å²) >= 11 is 0.986. The van der Waals surface area contributed by atoms with E-state index in [1.165, 1.54) is 6.92 Å². The van der Waals surface area contributed by atoms with Gasteiger partial charge < -0.3 is 9.64 Å². The molecule has 1 aliphatic rings. The summed E-state index contributed by atoms with van der Waals surface area (Å²) < 4.78 is 43.7. The molecule has 1 saturated heterocycles. The number of alkyl halides is 3. The fraction of sp³-hybridized carbons (Fsp3) is 0.643. The van der Waals surface area contributed by atoms with Crippen LogP contribution in [0.4, 0.5) is 24.1 Å². The molecule has 0 aromatic carbocycles. The molecule has 1 aromatic heterocycles. The zero-order chi connectivity index (χ0) is 17.9. The lowest BCUT2D eigenvalue weighted by Crippen LogP contribution is -2.41. The van der Waals surface area contributed by atoms with E-state index in [1.807, 2.05) is 17.9 Å². The SMILES string of the molecule is CCN(C(=O)C(F)(F)F)c1nc(N2CCOCC(C)C2)sc1C#N. The van der Waals surface area contributed by atoms with Gasteiger partial charge in [-0.15, -0.1) is 0 Å². The molecule has 0 saturated carbocycles. The molecule has 2 rings (SSSR count). The van der Waals surface area contributed by atoms with Gasteiger partial charge in [0.2, 0.25) is 0 Å². The lowest BCUT2D eigenvalue weighted by Gasteiger charge is -2.22. The van der Waals surface area contributed by atoms with Gasteiger partial charge >= 0.3 is 12.1 Å². The first-order chi connectivity index (χ1) is 11.3. The second-order valence-electron chi connectivity index (χ2n) is 5.43. The van der Waals surface area contributed by atoms with Gasteiger partial charge in [0.05, 0.1) is 13.2 Å². The number of hydrogen-bond donors (Lipinski definition) is 0. The Morgan fingerprint density at radius 1 is 1.58 bits per heavy atom. The molecule has 1 unspecified atom stereocenters. The Bertz CT molecular complexity index is 641. The number of thiazole rings is 1. The summed E-state index contributed by atoms with van der Waals surface area (Å²) in [6.45, 7) is 5.39. The first kappa shape index (κ1) is 18.5. The quantitative estimate of drug-likeness (QED) is 0.826. The summed E-state index contributed by atoms with van der Waals surface area (Å²) in [5, 5.41) is 9.65. The van der Waals surface area contributed by atoms with Crippen molar-refractivity contribution in [1.29, 1.82) is 5.26 Å². The Balaban J connectivity index is 2.36. The lowest BCUT2D eigenvalue weighted by molar-refractivity contribution is -0.170. The Morgan fingerprint density at radius 2 is 2.29 bits per heavy atom. The zero-order valence-corrected chi connectivity index (χ0v) is 14.1. The van der Waals surface area contributed by atoms with Crippen LogP contribution in [0, 0.1) is 17.2 Å². The van der Waals surface area contributed by atoms with Crippen molar-refractivity contribution in [3.63, 3.8) is 0 Å². The Hall–Kier alpha value is -1.86. The normalized spacial score (nSPS) is 18.8. The molecule has 0 aliphatic carbocycles. The average molecular weight is 362 g/mol. The lowest BCUT2D eigenvalue weighted by atomic mass is 10.2. The Kier molecular flexibility index (Phi) is 5.66.